The van der Waals surface area contributed by atoms with E-state index in [2.05, 4.69) is 62.4 Å². The number of ether oxygens (including phenoxy) is 1. The van der Waals surface area contributed by atoms with Crippen LogP contribution in [-0.4, -0.2) is 19.9 Å². The number of rotatable bonds is 2. The minimum atomic E-state index is 0.511. The Kier molecular flexibility index (Phi) is 3.46. The average molecular weight is 398 g/mol. The number of aryl methyl sites for hydroxylation is 2. The van der Waals surface area contributed by atoms with E-state index in [1.165, 1.54) is 20.5 Å². The maximum atomic E-state index is 6.12. The summed E-state index contributed by atoms with van der Waals surface area (Å²) in [5, 5.41) is 1.21. The Bertz CT molecular complexity index is 1370. The first-order valence-corrected chi connectivity index (χ1v) is 10.3. The molecule has 1 aliphatic rings. The lowest BCUT2D eigenvalue weighted by atomic mass is 10.0. The molecular weight excluding hydrogens is 380 g/mol. The van der Waals surface area contributed by atoms with Gasteiger partial charge in [-0.05, 0) is 42.5 Å². The highest BCUT2D eigenvalue weighted by atomic mass is 32.1. The van der Waals surface area contributed by atoms with E-state index in [9.17, 15) is 0 Å². The molecule has 5 nitrogen and oxygen atoms in total. The van der Waals surface area contributed by atoms with Crippen molar-refractivity contribution in [3.63, 3.8) is 0 Å². The number of aromatic nitrogens is 4. The second-order valence-electron chi connectivity index (χ2n) is 7.36. The van der Waals surface area contributed by atoms with E-state index < -0.39 is 0 Å². The first kappa shape index (κ1) is 16.6. The molecule has 0 saturated heterocycles. The normalized spacial score (nSPS) is 12.6. The van der Waals surface area contributed by atoms with Crippen molar-refractivity contribution in [1.82, 2.24) is 19.9 Å². The van der Waals surface area contributed by atoms with Gasteiger partial charge in [0.05, 0.1) is 22.3 Å². The Morgan fingerprint density at radius 1 is 0.966 bits per heavy atom. The van der Waals surface area contributed by atoms with Gasteiger partial charge in [-0.25, -0.2) is 9.97 Å². The average Bonchev–Trinajstić information content (AvgIpc) is 3.44. The van der Waals surface area contributed by atoms with E-state index in [1.54, 1.807) is 11.3 Å². The minimum absolute atomic E-state index is 0.511. The monoisotopic (exact) mass is 398 g/mol. The third-order valence-corrected chi connectivity index (χ3v) is 6.54. The van der Waals surface area contributed by atoms with Crippen LogP contribution in [0, 0.1) is 13.8 Å². The fraction of sp³-hybridized carbons (Fsp3) is 0.130. The number of fused-ring (bicyclic) bond motifs is 5. The van der Waals surface area contributed by atoms with Gasteiger partial charge in [0.15, 0.2) is 0 Å². The summed E-state index contributed by atoms with van der Waals surface area (Å²) in [7, 11) is 0. The maximum absolute atomic E-state index is 6.12. The zero-order chi connectivity index (χ0) is 19.5. The fourth-order valence-corrected chi connectivity index (χ4v) is 5.11. The van der Waals surface area contributed by atoms with Crippen LogP contribution in [0.1, 0.15) is 17.3 Å². The van der Waals surface area contributed by atoms with Crippen molar-refractivity contribution in [2.24, 2.45) is 0 Å². The number of benzene rings is 2. The number of hydrogen-bond acceptors (Lipinski definition) is 4. The molecule has 0 fully saturated rings. The summed E-state index contributed by atoms with van der Waals surface area (Å²) in [5.74, 6) is 2.80. The minimum Gasteiger partial charge on any atom is -0.485 e. The summed E-state index contributed by atoms with van der Waals surface area (Å²) in [6, 6.07) is 15.2. The number of hydrogen-bond donors (Lipinski definition) is 2. The molecule has 2 aromatic carbocycles. The second kappa shape index (κ2) is 6.06. The zero-order valence-corrected chi connectivity index (χ0v) is 16.9. The van der Waals surface area contributed by atoms with Gasteiger partial charge in [-0.15, -0.1) is 11.3 Å². The number of thiophene rings is 1. The standard InChI is InChI=1S/C23H18N4OS/c1-12-24-10-18(25-12)14-3-5-15(6-4-14)20-9-16-7-8-17-21-19(26-13(2)27-21)11-28-22(17)23(16)29-20/h3-10H,11H2,1-2H3,(H,24,25)(H,26,27). The first-order valence-electron chi connectivity index (χ1n) is 9.53. The molecule has 1 aliphatic heterocycles. The Morgan fingerprint density at radius 2 is 1.79 bits per heavy atom. The van der Waals surface area contributed by atoms with E-state index in [1.807, 2.05) is 20.0 Å². The van der Waals surface area contributed by atoms with E-state index in [-0.39, 0.29) is 0 Å². The Balaban J connectivity index is 1.42. The molecule has 29 heavy (non-hydrogen) atoms. The van der Waals surface area contributed by atoms with Gasteiger partial charge in [0, 0.05) is 10.4 Å². The molecule has 0 atom stereocenters. The van der Waals surface area contributed by atoms with Crippen molar-refractivity contribution in [2.45, 2.75) is 20.5 Å². The van der Waals surface area contributed by atoms with Crippen molar-refractivity contribution in [2.75, 3.05) is 0 Å². The topological polar surface area (TPSA) is 66.6 Å². The molecule has 3 aromatic heterocycles. The smallest absolute Gasteiger partial charge is 0.147 e. The van der Waals surface area contributed by atoms with Crippen LogP contribution in [0.3, 0.4) is 0 Å². The van der Waals surface area contributed by atoms with Crippen LogP contribution < -0.4 is 4.74 Å². The molecule has 5 aromatic rings. The van der Waals surface area contributed by atoms with E-state index in [4.69, 9.17) is 4.74 Å². The maximum Gasteiger partial charge on any atom is 0.147 e. The van der Waals surface area contributed by atoms with Gasteiger partial charge in [0.2, 0.25) is 0 Å². The SMILES string of the molecule is Cc1ncc(-c2ccc(-c3cc4ccc5c(c4s3)OCc3nc(C)[nH]c3-5)cc2)[nH]1. The number of H-pyrrole nitrogens is 2. The lowest BCUT2D eigenvalue weighted by molar-refractivity contribution is 0.302. The molecule has 0 unspecified atom stereocenters. The Hall–Kier alpha value is -3.38. The predicted molar refractivity (Wildman–Crippen MR) is 116 cm³/mol. The van der Waals surface area contributed by atoms with Crippen LogP contribution in [0.5, 0.6) is 5.75 Å². The molecule has 0 spiro atoms. The molecule has 2 N–H and O–H groups in total. The van der Waals surface area contributed by atoms with E-state index in [0.29, 0.717) is 6.61 Å². The number of imidazole rings is 2. The van der Waals surface area contributed by atoms with Gasteiger partial charge in [-0.3, -0.25) is 0 Å². The van der Waals surface area contributed by atoms with Crippen molar-refractivity contribution < 1.29 is 4.74 Å². The molecule has 0 aliphatic carbocycles. The Morgan fingerprint density at radius 3 is 2.59 bits per heavy atom. The van der Waals surface area contributed by atoms with Crippen LogP contribution >= 0.6 is 11.3 Å². The van der Waals surface area contributed by atoms with Crippen molar-refractivity contribution >= 4 is 21.4 Å². The molecule has 4 heterocycles. The molecule has 6 heteroatoms. The number of nitrogens with one attached hydrogen (secondary N) is 2. The van der Waals surface area contributed by atoms with Crippen LogP contribution in [0.25, 0.3) is 43.0 Å². The lowest BCUT2D eigenvalue weighted by Crippen LogP contribution is -2.05. The molecule has 142 valence electrons. The van der Waals surface area contributed by atoms with Crippen LogP contribution in [-0.2, 0) is 6.61 Å². The highest BCUT2D eigenvalue weighted by molar-refractivity contribution is 7.22. The Labute approximate surface area is 171 Å². The van der Waals surface area contributed by atoms with E-state index in [0.717, 1.165) is 45.6 Å². The zero-order valence-electron chi connectivity index (χ0n) is 16.0. The fourth-order valence-electron chi connectivity index (χ4n) is 3.95. The quantitative estimate of drug-likeness (QED) is 0.391. The molecule has 0 bridgehead atoms. The van der Waals surface area contributed by atoms with Gasteiger partial charge < -0.3 is 14.7 Å². The first-order chi connectivity index (χ1) is 14.2. The summed E-state index contributed by atoms with van der Waals surface area (Å²) in [6.07, 6.45) is 1.87. The highest BCUT2D eigenvalue weighted by Gasteiger charge is 2.23. The third-order valence-electron chi connectivity index (χ3n) is 5.34. The lowest BCUT2D eigenvalue weighted by Gasteiger charge is -2.17. The van der Waals surface area contributed by atoms with Gasteiger partial charge >= 0.3 is 0 Å². The van der Waals surface area contributed by atoms with Crippen molar-refractivity contribution in [1.29, 1.82) is 0 Å². The van der Waals surface area contributed by atoms with Crippen LogP contribution in [0.15, 0.2) is 48.7 Å². The highest BCUT2D eigenvalue weighted by Crippen LogP contribution is 2.46. The second-order valence-corrected chi connectivity index (χ2v) is 8.42. The van der Waals surface area contributed by atoms with Crippen LogP contribution in [0.2, 0.25) is 0 Å². The molecule has 0 amide bonds. The summed E-state index contributed by atoms with van der Waals surface area (Å²) in [6.45, 7) is 4.46. The van der Waals surface area contributed by atoms with Gasteiger partial charge in [-0.2, -0.15) is 0 Å². The molecule has 0 radical (unpaired) electrons. The van der Waals surface area contributed by atoms with Gasteiger partial charge in [-0.1, -0.05) is 30.3 Å². The molecule has 0 saturated carbocycles. The summed E-state index contributed by atoms with van der Waals surface area (Å²) in [5.41, 5.74) is 6.54. The van der Waals surface area contributed by atoms with Crippen LogP contribution in [0.4, 0.5) is 0 Å². The number of nitrogens with zero attached hydrogens (tertiary/aromatic N) is 2. The number of aromatic amines is 2. The summed E-state index contributed by atoms with van der Waals surface area (Å²) in [4.78, 5) is 16.7. The molecular formula is C23H18N4OS. The predicted octanol–water partition coefficient (Wildman–Crippen LogP) is 5.86. The van der Waals surface area contributed by atoms with Crippen molar-refractivity contribution in [3.8, 4) is 38.7 Å². The van der Waals surface area contributed by atoms with E-state index >= 15 is 0 Å². The largest absolute Gasteiger partial charge is 0.485 e. The van der Waals surface area contributed by atoms with Gasteiger partial charge in [0.1, 0.15) is 29.7 Å². The molecule has 6 rings (SSSR count). The van der Waals surface area contributed by atoms with Gasteiger partial charge in [0.25, 0.3) is 0 Å². The summed E-state index contributed by atoms with van der Waals surface area (Å²) < 4.78 is 7.31. The summed E-state index contributed by atoms with van der Waals surface area (Å²) >= 11 is 1.77. The third kappa shape index (κ3) is 2.60. The van der Waals surface area contributed by atoms with Crippen molar-refractivity contribution in [3.05, 3.63) is 66.0 Å².